The Labute approximate surface area is 108 Å². The van der Waals surface area contributed by atoms with Gasteiger partial charge in [0.2, 0.25) is 0 Å². The molecule has 0 heterocycles. The van der Waals surface area contributed by atoms with Gasteiger partial charge in [-0.1, -0.05) is 13.0 Å². The zero-order chi connectivity index (χ0) is 13.2. The lowest BCUT2D eigenvalue weighted by Gasteiger charge is -2.10. The summed E-state index contributed by atoms with van der Waals surface area (Å²) in [5.41, 5.74) is 1.80. The summed E-state index contributed by atoms with van der Waals surface area (Å²) in [4.78, 5) is 0. The Hall–Kier alpha value is -1.10. The maximum absolute atomic E-state index is 9.09. The van der Waals surface area contributed by atoms with Crippen molar-refractivity contribution in [3.63, 3.8) is 0 Å². The van der Waals surface area contributed by atoms with Crippen molar-refractivity contribution >= 4 is 0 Å². The molecule has 0 amide bonds. The third kappa shape index (κ3) is 5.04. The van der Waals surface area contributed by atoms with E-state index in [1.54, 1.807) is 7.11 Å². The number of aliphatic hydroxyl groups excluding tert-OH is 1. The summed E-state index contributed by atoms with van der Waals surface area (Å²) in [6, 6.07) is 5.58. The number of benzene rings is 1. The minimum Gasteiger partial charge on any atom is -0.496 e. The van der Waals surface area contributed by atoms with E-state index in [1.165, 1.54) is 0 Å². The molecule has 0 atom stereocenters. The molecule has 102 valence electrons. The summed E-state index contributed by atoms with van der Waals surface area (Å²) >= 11 is 0. The van der Waals surface area contributed by atoms with Crippen LogP contribution in [0.2, 0.25) is 0 Å². The Balaban J connectivity index is 2.39. The zero-order valence-electron chi connectivity index (χ0n) is 11.1. The number of methoxy groups -OCH3 is 1. The molecule has 0 spiro atoms. The minimum atomic E-state index is 0.0244. The van der Waals surface area contributed by atoms with Crippen LogP contribution in [0.5, 0.6) is 5.75 Å². The summed E-state index contributed by atoms with van der Waals surface area (Å²) in [7, 11) is 1.63. The van der Waals surface area contributed by atoms with Crippen LogP contribution in [0, 0.1) is 0 Å². The summed E-state index contributed by atoms with van der Waals surface area (Å²) < 4.78 is 16.1. The topological polar surface area (TPSA) is 47.9 Å². The Morgan fingerprint density at radius 2 is 1.89 bits per heavy atom. The van der Waals surface area contributed by atoms with E-state index in [9.17, 15) is 0 Å². The lowest BCUT2D eigenvalue weighted by molar-refractivity contribution is 0.0402. The molecule has 0 saturated heterocycles. The molecule has 1 rings (SSSR count). The predicted octanol–water partition coefficient (Wildman–Crippen LogP) is 2.13. The lowest BCUT2D eigenvalue weighted by atomic mass is 10.1. The Morgan fingerprint density at radius 1 is 1.11 bits per heavy atom. The first-order valence-electron chi connectivity index (χ1n) is 6.24. The number of hydrogen-bond donors (Lipinski definition) is 1. The average molecular weight is 254 g/mol. The van der Waals surface area contributed by atoms with E-state index in [-0.39, 0.29) is 6.61 Å². The molecule has 0 fully saturated rings. The summed E-state index contributed by atoms with van der Waals surface area (Å²) in [6.07, 6.45) is 1.02. The SMILES string of the molecule is CCCOCCOCc1cc(CO)ccc1OC. The van der Waals surface area contributed by atoms with Gasteiger partial charge in [-0.25, -0.2) is 0 Å². The van der Waals surface area contributed by atoms with Gasteiger partial charge >= 0.3 is 0 Å². The molecule has 0 aromatic heterocycles. The van der Waals surface area contributed by atoms with Crippen LogP contribution in [-0.4, -0.2) is 32.0 Å². The summed E-state index contributed by atoms with van der Waals surface area (Å²) in [5, 5.41) is 9.09. The van der Waals surface area contributed by atoms with E-state index in [4.69, 9.17) is 19.3 Å². The van der Waals surface area contributed by atoms with E-state index in [1.807, 2.05) is 18.2 Å². The molecule has 1 aromatic rings. The molecule has 0 radical (unpaired) electrons. The third-order valence-electron chi connectivity index (χ3n) is 2.51. The molecule has 0 aliphatic carbocycles. The summed E-state index contributed by atoms with van der Waals surface area (Å²) in [6.45, 7) is 4.50. The molecule has 4 heteroatoms. The Bertz CT molecular complexity index is 339. The molecule has 0 bridgehead atoms. The molecule has 0 aliphatic heterocycles. The molecular formula is C14H22O4. The zero-order valence-corrected chi connectivity index (χ0v) is 11.1. The fourth-order valence-electron chi connectivity index (χ4n) is 1.59. The Morgan fingerprint density at radius 3 is 2.56 bits per heavy atom. The van der Waals surface area contributed by atoms with Gasteiger partial charge in [0.15, 0.2) is 0 Å². The van der Waals surface area contributed by atoms with Gasteiger partial charge in [0, 0.05) is 12.2 Å². The molecule has 4 nitrogen and oxygen atoms in total. The minimum absolute atomic E-state index is 0.0244. The van der Waals surface area contributed by atoms with Crippen LogP contribution in [-0.2, 0) is 22.7 Å². The average Bonchev–Trinajstić information content (AvgIpc) is 2.42. The maximum atomic E-state index is 9.09. The highest BCUT2D eigenvalue weighted by Crippen LogP contribution is 2.20. The van der Waals surface area contributed by atoms with Crippen molar-refractivity contribution < 1.29 is 19.3 Å². The van der Waals surface area contributed by atoms with Crippen LogP contribution < -0.4 is 4.74 Å². The van der Waals surface area contributed by atoms with Crippen molar-refractivity contribution in [1.82, 2.24) is 0 Å². The van der Waals surface area contributed by atoms with Gasteiger partial charge in [0.1, 0.15) is 5.75 Å². The van der Waals surface area contributed by atoms with Crippen LogP contribution in [0.1, 0.15) is 24.5 Å². The number of hydrogen-bond acceptors (Lipinski definition) is 4. The first-order chi connectivity index (χ1) is 8.81. The quantitative estimate of drug-likeness (QED) is 0.686. The highest BCUT2D eigenvalue weighted by molar-refractivity contribution is 5.36. The first kappa shape index (κ1) is 15.0. The van der Waals surface area contributed by atoms with Crippen LogP contribution in [0.3, 0.4) is 0 Å². The second kappa shape index (κ2) is 8.91. The van der Waals surface area contributed by atoms with Crippen molar-refractivity contribution in [3.05, 3.63) is 29.3 Å². The highest BCUT2D eigenvalue weighted by atomic mass is 16.5. The standard InChI is InChI=1S/C14H22O4/c1-3-6-17-7-8-18-11-13-9-12(10-15)4-5-14(13)16-2/h4-5,9,15H,3,6-8,10-11H2,1-2H3. The fourth-order valence-corrected chi connectivity index (χ4v) is 1.59. The van der Waals surface area contributed by atoms with E-state index in [0.717, 1.165) is 29.9 Å². The third-order valence-corrected chi connectivity index (χ3v) is 2.51. The van der Waals surface area contributed by atoms with Gasteiger partial charge in [-0.15, -0.1) is 0 Å². The van der Waals surface area contributed by atoms with Crippen LogP contribution in [0.15, 0.2) is 18.2 Å². The monoisotopic (exact) mass is 254 g/mol. The van der Waals surface area contributed by atoms with Crippen LogP contribution >= 0.6 is 0 Å². The van der Waals surface area contributed by atoms with Crippen molar-refractivity contribution in [3.8, 4) is 5.75 Å². The van der Waals surface area contributed by atoms with Crippen LogP contribution in [0.25, 0.3) is 0 Å². The predicted molar refractivity (Wildman–Crippen MR) is 69.7 cm³/mol. The smallest absolute Gasteiger partial charge is 0.124 e. The van der Waals surface area contributed by atoms with Gasteiger partial charge in [0.25, 0.3) is 0 Å². The number of ether oxygens (including phenoxy) is 3. The fraction of sp³-hybridized carbons (Fsp3) is 0.571. The largest absolute Gasteiger partial charge is 0.496 e. The molecule has 0 aliphatic rings. The number of rotatable bonds is 9. The molecule has 1 aromatic carbocycles. The van der Waals surface area contributed by atoms with Crippen LogP contribution in [0.4, 0.5) is 0 Å². The second-order valence-corrected chi connectivity index (χ2v) is 3.97. The van der Waals surface area contributed by atoms with E-state index in [0.29, 0.717) is 19.8 Å². The van der Waals surface area contributed by atoms with Gasteiger partial charge in [-0.05, 0) is 24.1 Å². The highest BCUT2D eigenvalue weighted by Gasteiger charge is 2.04. The lowest BCUT2D eigenvalue weighted by Crippen LogP contribution is -2.05. The first-order valence-corrected chi connectivity index (χ1v) is 6.24. The normalized spacial score (nSPS) is 10.6. The van der Waals surface area contributed by atoms with E-state index in [2.05, 4.69) is 6.92 Å². The van der Waals surface area contributed by atoms with Crippen molar-refractivity contribution in [2.75, 3.05) is 26.9 Å². The Kier molecular flexibility index (Phi) is 7.41. The molecule has 1 N–H and O–H groups in total. The van der Waals surface area contributed by atoms with Crippen molar-refractivity contribution in [2.24, 2.45) is 0 Å². The van der Waals surface area contributed by atoms with Gasteiger partial charge in [-0.2, -0.15) is 0 Å². The van der Waals surface area contributed by atoms with Gasteiger partial charge in [0.05, 0.1) is 33.5 Å². The number of aliphatic hydroxyl groups is 1. The maximum Gasteiger partial charge on any atom is 0.124 e. The van der Waals surface area contributed by atoms with E-state index >= 15 is 0 Å². The molecule has 0 unspecified atom stereocenters. The second-order valence-electron chi connectivity index (χ2n) is 3.97. The molecule has 18 heavy (non-hydrogen) atoms. The van der Waals surface area contributed by atoms with Crippen molar-refractivity contribution in [1.29, 1.82) is 0 Å². The summed E-state index contributed by atoms with van der Waals surface area (Å²) in [5.74, 6) is 0.779. The van der Waals surface area contributed by atoms with Gasteiger partial charge in [-0.3, -0.25) is 0 Å². The molecule has 0 saturated carbocycles. The van der Waals surface area contributed by atoms with Gasteiger partial charge < -0.3 is 19.3 Å². The molecular weight excluding hydrogens is 232 g/mol. The van der Waals surface area contributed by atoms with Crippen molar-refractivity contribution in [2.45, 2.75) is 26.6 Å². The van der Waals surface area contributed by atoms with E-state index < -0.39 is 0 Å².